The SMILES string of the molecule is Nc1nc(CCC(=O)N2CCOC3C[C@H](CO)C[C@@H]32)cs1. The number of thiazole rings is 1. The number of rotatable bonds is 4. The Morgan fingerprint density at radius 1 is 1.57 bits per heavy atom. The summed E-state index contributed by atoms with van der Waals surface area (Å²) in [5, 5.41) is 11.8. The number of hydrogen-bond acceptors (Lipinski definition) is 6. The van der Waals surface area contributed by atoms with Gasteiger partial charge in [0, 0.05) is 25.0 Å². The smallest absolute Gasteiger partial charge is 0.223 e. The molecule has 2 fully saturated rings. The first-order chi connectivity index (χ1) is 10.2. The minimum Gasteiger partial charge on any atom is -0.396 e. The Morgan fingerprint density at radius 2 is 2.43 bits per heavy atom. The van der Waals surface area contributed by atoms with E-state index in [1.807, 2.05) is 10.3 Å². The molecule has 3 rings (SSSR count). The van der Waals surface area contributed by atoms with E-state index >= 15 is 0 Å². The van der Waals surface area contributed by atoms with Crippen molar-refractivity contribution in [2.45, 2.75) is 37.8 Å². The molecule has 1 aliphatic carbocycles. The fourth-order valence-electron chi connectivity index (χ4n) is 3.33. The number of nitrogens with two attached hydrogens (primary N) is 1. The second-order valence-corrected chi connectivity index (χ2v) is 6.65. The van der Waals surface area contributed by atoms with Crippen LogP contribution in [0.5, 0.6) is 0 Å². The van der Waals surface area contributed by atoms with Gasteiger partial charge in [0.05, 0.1) is 24.4 Å². The molecule has 1 amide bonds. The maximum atomic E-state index is 12.5. The molecular formula is C14H21N3O3S. The molecule has 2 heterocycles. The summed E-state index contributed by atoms with van der Waals surface area (Å²) in [7, 11) is 0. The van der Waals surface area contributed by atoms with Gasteiger partial charge in [0.2, 0.25) is 5.91 Å². The quantitative estimate of drug-likeness (QED) is 0.852. The molecule has 0 radical (unpaired) electrons. The fraction of sp³-hybridized carbons (Fsp3) is 0.714. The molecule has 1 aromatic heterocycles. The third kappa shape index (κ3) is 3.20. The molecule has 3 atom stereocenters. The van der Waals surface area contributed by atoms with Gasteiger partial charge in [-0.2, -0.15) is 0 Å². The van der Waals surface area contributed by atoms with E-state index in [1.54, 1.807) is 0 Å². The van der Waals surface area contributed by atoms with Gasteiger partial charge in [-0.3, -0.25) is 4.79 Å². The van der Waals surface area contributed by atoms with Crippen LogP contribution in [-0.4, -0.2) is 52.8 Å². The summed E-state index contributed by atoms with van der Waals surface area (Å²) in [6.45, 7) is 1.42. The molecular weight excluding hydrogens is 290 g/mol. The van der Waals surface area contributed by atoms with Crippen molar-refractivity contribution >= 4 is 22.4 Å². The standard InChI is InChI=1S/C14H21N3O3S/c15-14-16-10(8-21-14)1-2-13(19)17-3-4-20-12-6-9(7-18)5-11(12)17/h8-9,11-12,18H,1-7H2,(H2,15,16)/t9-,11+,12?/m1/s1. The molecule has 0 bridgehead atoms. The zero-order chi connectivity index (χ0) is 14.8. The van der Waals surface area contributed by atoms with Crippen LogP contribution in [0.25, 0.3) is 0 Å². The highest BCUT2D eigenvalue weighted by Gasteiger charge is 2.42. The Kier molecular flexibility index (Phi) is 4.42. The lowest BCUT2D eigenvalue weighted by Gasteiger charge is -2.37. The highest BCUT2D eigenvalue weighted by molar-refractivity contribution is 7.13. The lowest BCUT2D eigenvalue weighted by Crippen LogP contribution is -2.51. The molecule has 2 aliphatic rings. The summed E-state index contributed by atoms with van der Waals surface area (Å²) in [5.41, 5.74) is 6.48. The summed E-state index contributed by atoms with van der Waals surface area (Å²) >= 11 is 1.40. The van der Waals surface area contributed by atoms with Crippen molar-refractivity contribution in [3.63, 3.8) is 0 Å². The maximum absolute atomic E-state index is 12.5. The van der Waals surface area contributed by atoms with Crippen LogP contribution in [0.1, 0.15) is 25.0 Å². The van der Waals surface area contributed by atoms with E-state index in [4.69, 9.17) is 10.5 Å². The number of anilines is 1. The van der Waals surface area contributed by atoms with Crippen LogP contribution in [0.15, 0.2) is 5.38 Å². The zero-order valence-electron chi connectivity index (χ0n) is 11.9. The number of aliphatic hydroxyl groups is 1. The molecule has 1 saturated heterocycles. The van der Waals surface area contributed by atoms with E-state index in [-0.39, 0.29) is 30.6 Å². The summed E-state index contributed by atoms with van der Waals surface area (Å²) in [6, 6.07) is 0.129. The van der Waals surface area contributed by atoms with Crippen molar-refractivity contribution in [2.75, 3.05) is 25.5 Å². The lowest BCUT2D eigenvalue weighted by molar-refractivity contribution is -0.143. The molecule has 1 aliphatic heterocycles. The Morgan fingerprint density at radius 3 is 3.14 bits per heavy atom. The van der Waals surface area contributed by atoms with Crippen molar-refractivity contribution < 1.29 is 14.6 Å². The van der Waals surface area contributed by atoms with Gasteiger partial charge in [-0.25, -0.2) is 4.98 Å². The second-order valence-electron chi connectivity index (χ2n) is 5.76. The number of nitrogens with zero attached hydrogens (tertiary/aromatic N) is 2. The normalized spacial score (nSPS) is 28.6. The van der Waals surface area contributed by atoms with Crippen LogP contribution >= 0.6 is 11.3 Å². The van der Waals surface area contributed by atoms with Crippen LogP contribution in [0.2, 0.25) is 0 Å². The summed E-state index contributed by atoms with van der Waals surface area (Å²) in [6.07, 6.45) is 2.88. The second kappa shape index (κ2) is 6.29. The molecule has 6 nitrogen and oxygen atoms in total. The largest absolute Gasteiger partial charge is 0.396 e. The van der Waals surface area contributed by atoms with Gasteiger partial charge in [-0.15, -0.1) is 11.3 Å². The highest BCUT2D eigenvalue weighted by atomic mass is 32.1. The van der Waals surface area contributed by atoms with Crippen molar-refractivity contribution in [2.24, 2.45) is 5.92 Å². The van der Waals surface area contributed by atoms with E-state index in [9.17, 15) is 9.90 Å². The number of ether oxygens (including phenoxy) is 1. The Bertz CT molecular complexity index is 507. The molecule has 0 aromatic carbocycles. The molecule has 21 heavy (non-hydrogen) atoms. The minimum atomic E-state index is 0.0924. The molecule has 1 saturated carbocycles. The number of hydrogen-bond donors (Lipinski definition) is 2. The maximum Gasteiger partial charge on any atom is 0.223 e. The van der Waals surface area contributed by atoms with E-state index < -0.39 is 0 Å². The van der Waals surface area contributed by atoms with Crippen LogP contribution in [0.4, 0.5) is 5.13 Å². The Balaban J connectivity index is 1.58. The average Bonchev–Trinajstić information content (AvgIpc) is 3.09. The molecule has 3 N–H and O–H groups in total. The number of carbonyl (C=O) groups is 1. The van der Waals surface area contributed by atoms with Gasteiger partial charge < -0.3 is 20.5 Å². The van der Waals surface area contributed by atoms with Crippen LogP contribution in [-0.2, 0) is 16.0 Å². The van der Waals surface area contributed by atoms with Gasteiger partial charge in [0.1, 0.15) is 0 Å². The first-order valence-corrected chi connectivity index (χ1v) is 8.27. The topological polar surface area (TPSA) is 88.7 Å². The predicted octanol–water partition coefficient (Wildman–Crippen LogP) is 0.656. The summed E-state index contributed by atoms with van der Waals surface area (Å²) < 4.78 is 5.75. The van der Waals surface area contributed by atoms with Crippen molar-refractivity contribution in [3.8, 4) is 0 Å². The number of morpholine rings is 1. The first-order valence-electron chi connectivity index (χ1n) is 7.39. The first kappa shape index (κ1) is 14.7. The minimum absolute atomic E-state index is 0.0924. The number of aliphatic hydroxyl groups excluding tert-OH is 1. The van der Waals surface area contributed by atoms with Crippen LogP contribution in [0.3, 0.4) is 0 Å². The van der Waals surface area contributed by atoms with Gasteiger partial charge in [0.15, 0.2) is 5.13 Å². The molecule has 7 heteroatoms. The number of aryl methyl sites for hydroxylation is 1. The molecule has 1 unspecified atom stereocenters. The monoisotopic (exact) mass is 311 g/mol. The van der Waals surface area contributed by atoms with Crippen LogP contribution in [0, 0.1) is 5.92 Å². The summed E-state index contributed by atoms with van der Waals surface area (Å²) in [5.74, 6) is 0.408. The number of aromatic nitrogens is 1. The fourth-order valence-corrected chi connectivity index (χ4v) is 3.92. The number of fused-ring (bicyclic) bond motifs is 1. The molecule has 116 valence electrons. The molecule has 1 aromatic rings. The number of amides is 1. The van der Waals surface area contributed by atoms with Crippen molar-refractivity contribution in [1.82, 2.24) is 9.88 Å². The van der Waals surface area contributed by atoms with Crippen molar-refractivity contribution in [3.05, 3.63) is 11.1 Å². The van der Waals surface area contributed by atoms with Gasteiger partial charge >= 0.3 is 0 Å². The average molecular weight is 311 g/mol. The van der Waals surface area contributed by atoms with Crippen molar-refractivity contribution in [1.29, 1.82) is 0 Å². The van der Waals surface area contributed by atoms with E-state index in [1.165, 1.54) is 11.3 Å². The van der Waals surface area contributed by atoms with Gasteiger partial charge in [-0.05, 0) is 25.2 Å². The third-order valence-electron chi connectivity index (χ3n) is 4.38. The van der Waals surface area contributed by atoms with Gasteiger partial charge in [-0.1, -0.05) is 0 Å². The van der Waals surface area contributed by atoms with E-state index in [0.717, 1.165) is 18.5 Å². The zero-order valence-corrected chi connectivity index (χ0v) is 12.7. The number of carbonyl (C=O) groups excluding carboxylic acids is 1. The Labute approximate surface area is 127 Å². The van der Waals surface area contributed by atoms with E-state index in [2.05, 4.69) is 4.98 Å². The van der Waals surface area contributed by atoms with Crippen LogP contribution < -0.4 is 5.73 Å². The lowest BCUT2D eigenvalue weighted by atomic mass is 10.1. The van der Waals surface area contributed by atoms with E-state index in [0.29, 0.717) is 31.1 Å². The molecule has 0 spiro atoms. The van der Waals surface area contributed by atoms with Gasteiger partial charge in [0.25, 0.3) is 0 Å². The Hall–Kier alpha value is -1.18. The predicted molar refractivity (Wildman–Crippen MR) is 79.9 cm³/mol. The highest BCUT2D eigenvalue weighted by Crippen LogP contribution is 2.34. The third-order valence-corrected chi connectivity index (χ3v) is 5.10. The number of nitrogen functional groups attached to an aromatic ring is 1. The summed E-state index contributed by atoms with van der Waals surface area (Å²) in [4.78, 5) is 18.6.